The van der Waals surface area contributed by atoms with Crippen molar-refractivity contribution in [2.75, 3.05) is 57.4 Å². The molecule has 1 spiro atoms. The van der Waals surface area contributed by atoms with Crippen molar-refractivity contribution in [3.8, 4) is 22.9 Å². The van der Waals surface area contributed by atoms with Crippen LogP contribution in [-0.4, -0.2) is 95.8 Å². The summed E-state index contributed by atoms with van der Waals surface area (Å²) in [7, 11) is 0. The predicted molar refractivity (Wildman–Crippen MR) is 153 cm³/mol. The molecule has 0 radical (unpaired) electrons. The third-order valence-corrected chi connectivity index (χ3v) is 9.64. The molecule has 8 heterocycles. The molecule has 3 aromatic rings. The number of piperazine rings is 1. The lowest BCUT2D eigenvalue weighted by Crippen LogP contribution is -2.69. The summed E-state index contributed by atoms with van der Waals surface area (Å²) in [6.45, 7) is 7.26. The summed E-state index contributed by atoms with van der Waals surface area (Å²) in [6.07, 6.45) is 11.7. The van der Waals surface area contributed by atoms with E-state index in [9.17, 15) is 5.26 Å². The van der Waals surface area contributed by atoms with Gasteiger partial charge in [0.2, 0.25) is 0 Å². The summed E-state index contributed by atoms with van der Waals surface area (Å²) in [4.78, 5) is 9.90. The summed E-state index contributed by atoms with van der Waals surface area (Å²) in [6, 6.07) is 9.71. The fourth-order valence-corrected chi connectivity index (χ4v) is 7.13. The zero-order chi connectivity index (χ0) is 27.4. The average Bonchev–Trinajstić information content (AvgIpc) is 3.54. The van der Waals surface area contributed by atoms with Crippen LogP contribution in [0.1, 0.15) is 37.7 Å². The van der Waals surface area contributed by atoms with Gasteiger partial charge in [0.15, 0.2) is 0 Å². The molecule has 6 aliphatic rings. The number of piperidine rings is 1. The average molecular weight is 556 g/mol. The van der Waals surface area contributed by atoms with E-state index in [1.165, 1.54) is 19.3 Å². The third kappa shape index (κ3) is 4.85. The van der Waals surface area contributed by atoms with Gasteiger partial charge in [-0.25, -0.2) is 9.50 Å². The fraction of sp³-hybridized carbons (Fsp3) is 0.581. The van der Waals surface area contributed by atoms with Crippen molar-refractivity contribution in [2.45, 2.75) is 55.9 Å². The zero-order valence-electron chi connectivity index (χ0n) is 23.4. The molecule has 1 aliphatic carbocycles. The van der Waals surface area contributed by atoms with E-state index in [2.05, 4.69) is 38.4 Å². The molecule has 5 aliphatic heterocycles. The molecule has 0 amide bonds. The summed E-state index contributed by atoms with van der Waals surface area (Å²) >= 11 is 0. The summed E-state index contributed by atoms with van der Waals surface area (Å²) in [5.74, 6) is 2.27. The SMILES string of the molecule is N#Cc1cnn2cc(OCCC3COC4(CNC4)C3)cc(-c3ccc(N4CC5CC(C4)N5CCOC4CC4)nc3)c12. The van der Waals surface area contributed by atoms with Gasteiger partial charge in [-0.2, -0.15) is 10.4 Å². The molecule has 10 heteroatoms. The van der Waals surface area contributed by atoms with Crippen molar-refractivity contribution >= 4 is 11.3 Å². The molecule has 1 saturated carbocycles. The Morgan fingerprint density at radius 3 is 2.73 bits per heavy atom. The Balaban J connectivity index is 0.949. The Morgan fingerprint density at radius 2 is 2.02 bits per heavy atom. The van der Waals surface area contributed by atoms with Crippen LogP contribution >= 0.6 is 0 Å². The lowest BCUT2D eigenvalue weighted by Gasteiger charge is -2.56. The molecule has 214 valence electrons. The molecular formula is C31H37N7O3. The topological polar surface area (TPSA) is 100 Å². The van der Waals surface area contributed by atoms with Gasteiger partial charge in [-0.3, -0.25) is 4.90 Å². The normalized spacial score (nSPS) is 26.6. The van der Waals surface area contributed by atoms with Crippen LogP contribution in [0.3, 0.4) is 0 Å². The number of nitriles is 1. The molecule has 10 nitrogen and oxygen atoms in total. The second-order valence-electron chi connectivity index (χ2n) is 12.5. The van der Waals surface area contributed by atoms with Crippen molar-refractivity contribution < 1.29 is 14.2 Å². The van der Waals surface area contributed by atoms with Crippen molar-refractivity contribution in [3.05, 3.63) is 42.4 Å². The number of hydrogen-bond donors (Lipinski definition) is 1. The largest absolute Gasteiger partial charge is 0.492 e. The van der Waals surface area contributed by atoms with Gasteiger partial charge in [-0.05, 0) is 56.2 Å². The van der Waals surface area contributed by atoms with Crippen molar-refractivity contribution in [1.29, 1.82) is 5.26 Å². The molecule has 2 bridgehead atoms. The monoisotopic (exact) mass is 555 g/mol. The lowest BCUT2D eigenvalue weighted by atomic mass is 9.87. The van der Waals surface area contributed by atoms with Gasteiger partial charge in [0, 0.05) is 62.1 Å². The highest BCUT2D eigenvalue weighted by Gasteiger charge is 2.45. The number of fused-ring (bicyclic) bond motifs is 3. The van der Waals surface area contributed by atoms with Crippen LogP contribution in [0, 0.1) is 17.2 Å². The van der Waals surface area contributed by atoms with Crippen LogP contribution in [0.2, 0.25) is 0 Å². The smallest absolute Gasteiger partial charge is 0.138 e. The highest BCUT2D eigenvalue weighted by molar-refractivity contribution is 5.85. The molecule has 3 aromatic heterocycles. The molecule has 1 N–H and O–H groups in total. The van der Waals surface area contributed by atoms with Crippen LogP contribution in [0.5, 0.6) is 5.75 Å². The minimum atomic E-state index is 0.0666. The minimum Gasteiger partial charge on any atom is -0.492 e. The molecule has 3 unspecified atom stereocenters. The Morgan fingerprint density at radius 1 is 1.15 bits per heavy atom. The van der Waals surface area contributed by atoms with Crippen LogP contribution in [-0.2, 0) is 9.47 Å². The number of hydrogen-bond acceptors (Lipinski definition) is 9. The Kier molecular flexibility index (Phi) is 6.37. The molecule has 5 saturated heterocycles. The molecular weight excluding hydrogens is 518 g/mol. The second kappa shape index (κ2) is 10.2. The maximum absolute atomic E-state index is 9.76. The fourth-order valence-electron chi connectivity index (χ4n) is 7.13. The van der Waals surface area contributed by atoms with Gasteiger partial charge in [-0.15, -0.1) is 0 Å². The molecule has 6 fully saturated rings. The van der Waals surface area contributed by atoms with E-state index in [4.69, 9.17) is 19.2 Å². The Labute approximate surface area is 240 Å². The third-order valence-electron chi connectivity index (χ3n) is 9.64. The molecule has 41 heavy (non-hydrogen) atoms. The molecule has 9 rings (SSSR count). The molecule has 3 atom stereocenters. The van der Waals surface area contributed by atoms with Gasteiger partial charge >= 0.3 is 0 Å². The van der Waals surface area contributed by atoms with Crippen molar-refractivity contribution in [1.82, 2.24) is 24.8 Å². The number of rotatable bonds is 10. The number of pyridine rings is 2. The number of aromatic nitrogens is 3. The first kappa shape index (κ1) is 25.5. The summed E-state index contributed by atoms with van der Waals surface area (Å²) < 4.78 is 19.9. The highest BCUT2D eigenvalue weighted by Crippen LogP contribution is 2.37. The zero-order valence-corrected chi connectivity index (χ0v) is 23.4. The molecule has 0 aromatic carbocycles. The van der Waals surface area contributed by atoms with Crippen LogP contribution in [0.4, 0.5) is 5.82 Å². The van der Waals surface area contributed by atoms with Crippen LogP contribution in [0.25, 0.3) is 16.6 Å². The van der Waals surface area contributed by atoms with E-state index in [1.807, 2.05) is 18.5 Å². The number of anilines is 1. The van der Waals surface area contributed by atoms with Gasteiger partial charge < -0.3 is 24.4 Å². The van der Waals surface area contributed by atoms with Crippen LogP contribution in [0.15, 0.2) is 36.8 Å². The van der Waals surface area contributed by atoms with Gasteiger partial charge in [0.1, 0.15) is 17.6 Å². The van der Waals surface area contributed by atoms with Crippen molar-refractivity contribution in [3.63, 3.8) is 0 Å². The standard InChI is InChI=1S/C31H37N7O3/c32-12-23-14-35-38-17-27(39-7-5-21-11-31(41-18-21)19-33-20-31)10-28(30(23)38)22-1-4-29(34-13-22)36-15-24-9-25(16-36)37(24)6-8-40-26-2-3-26/h1,4,10,13-14,17,21,24-26,33H,2-3,5-9,11,15-16,18-20H2. The maximum Gasteiger partial charge on any atom is 0.138 e. The maximum atomic E-state index is 9.76. The van der Waals surface area contributed by atoms with E-state index >= 15 is 0 Å². The predicted octanol–water partition coefficient (Wildman–Crippen LogP) is 2.86. The van der Waals surface area contributed by atoms with E-state index in [1.54, 1.807) is 10.7 Å². The summed E-state index contributed by atoms with van der Waals surface area (Å²) in [5, 5.41) is 17.5. The van der Waals surface area contributed by atoms with E-state index < -0.39 is 0 Å². The lowest BCUT2D eigenvalue weighted by molar-refractivity contribution is -0.0363. The van der Waals surface area contributed by atoms with E-state index in [0.717, 1.165) is 87.0 Å². The van der Waals surface area contributed by atoms with Gasteiger partial charge in [0.25, 0.3) is 0 Å². The first-order valence-electron chi connectivity index (χ1n) is 15.1. The number of nitrogens with one attached hydrogen (secondary N) is 1. The van der Waals surface area contributed by atoms with Crippen molar-refractivity contribution in [2.24, 2.45) is 5.92 Å². The van der Waals surface area contributed by atoms with E-state index in [-0.39, 0.29) is 5.60 Å². The number of ether oxygens (including phenoxy) is 3. The van der Waals surface area contributed by atoms with Gasteiger partial charge in [0.05, 0.1) is 55.0 Å². The Hall–Kier alpha value is -3.23. The highest BCUT2D eigenvalue weighted by atomic mass is 16.5. The second-order valence-corrected chi connectivity index (χ2v) is 12.5. The van der Waals surface area contributed by atoms with Crippen LogP contribution < -0.4 is 15.0 Å². The van der Waals surface area contributed by atoms with Gasteiger partial charge in [-0.1, -0.05) is 0 Å². The quantitative estimate of drug-likeness (QED) is 0.405. The number of nitrogens with zero attached hydrogens (tertiary/aromatic N) is 6. The summed E-state index contributed by atoms with van der Waals surface area (Å²) in [5.41, 5.74) is 3.24. The van der Waals surface area contributed by atoms with E-state index in [0.29, 0.717) is 36.3 Å². The first-order valence-corrected chi connectivity index (χ1v) is 15.1. The Bertz CT molecular complexity index is 1450. The minimum absolute atomic E-state index is 0.0666. The first-order chi connectivity index (χ1) is 20.2.